The first-order valence-corrected chi connectivity index (χ1v) is 8.97. The van der Waals surface area contributed by atoms with E-state index in [2.05, 4.69) is 16.1 Å². The molecule has 0 bridgehead atoms. The molecule has 31 heavy (non-hydrogen) atoms. The Morgan fingerprint density at radius 1 is 0.935 bits per heavy atom. The molecule has 0 aromatic carbocycles. The second kappa shape index (κ2) is 9.86. The van der Waals surface area contributed by atoms with Crippen molar-refractivity contribution in [1.29, 1.82) is 0 Å². The Labute approximate surface area is 172 Å². The van der Waals surface area contributed by atoms with E-state index < -0.39 is 73.5 Å². The lowest BCUT2D eigenvalue weighted by atomic mass is 9.79. The predicted octanol–water partition coefficient (Wildman–Crippen LogP) is 3.83. The fraction of sp³-hybridized carbons (Fsp3) is 0.722. The molecule has 3 atom stereocenters. The molecule has 0 aromatic rings. The van der Waals surface area contributed by atoms with Crippen LogP contribution in [0.1, 0.15) is 33.1 Å². The molecule has 1 aliphatic rings. The first kappa shape index (κ1) is 26.7. The largest absolute Gasteiger partial charge is 0.459 e. The van der Waals surface area contributed by atoms with Crippen molar-refractivity contribution in [1.82, 2.24) is 0 Å². The van der Waals surface area contributed by atoms with E-state index in [-0.39, 0.29) is 18.4 Å². The number of rotatable bonds is 8. The smallest absolute Gasteiger partial charge is 0.456 e. The molecule has 0 N–H and O–H groups in total. The summed E-state index contributed by atoms with van der Waals surface area (Å²) in [5, 5.41) is 0. The maximum absolute atomic E-state index is 13.0. The van der Waals surface area contributed by atoms with Crippen LogP contribution in [0.2, 0.25) is 0 Å². The Morgan fingerprint density at radius 3 is 1.97 bits per heavy atom. The first-order valence-electron chi connectivity index (χ1n) is 8.97. The van der Waals surface area contributed by atoms with Crippen molar-refractivity contribution in [3.8, 4) is 0 Å². The third-order valence-corrected chi connectivity index (χ3v) is 4.31. The van der Waals surface area contributed by atoms with E-state index in [1.165, 1.54) is 6.92 Å². The summed E-state index contributed by atoms with van der Waals surface area (Å²) in [4.78, 5) is 35.9. The van der Waals surface area contributed by atoms with Crippen LogP contribution in [0.3, 0.4) is 0 Å². The zero-order valence-electron chi connectivity index (χ0n) is 16.6. The highest BCUT2D eigenvalue weighted by Gasteiger charge is 2.58. The van der Waals surface area contributed by atoms with Gasteiger partial charge in [0.25, 0.3) is 5.92 Å². The van der Waals surface area contributed by atoms with Gasteiger partial charge in [0.1, 0.15) is 6.10 Å². The second-order valence-corrected chi connectivity index (χ2v) is 7.33. The maximum atomic E-state index is 13.0. The van der Waals surface area contributed by atoms with E-state index in [1.807, 2.05) is 0 Å². The molecule has 0 heterocycles. The summed E-state index contributed by atoms with van der Waals surface area (Å²) >= 11 is 0. The maximum Gasteiger partial charge on any atom is 0.456 e. The summed E-state index contributed by atoms with van der Waals surface area (Å²) in [5.74, 6) is -14.7. The molecule has 0 aliphatic heterocycles. The SMILES string of the molecule is C=C(C)C(=O)OC1CC(C(=O)OCC(C)(F)F)CCC1C(=O)OCC(F)(F)C(F)(F)F. The van der Waals surface area contributed by atoms with Crippen LogP contribution in [0.15, 0.2) is 12.2 Å². The highest BCUT2D eigenvalue weighted by molar-refractivity contribution is 5.87. The number of halogens is 7. The molecule has 0 saturated heterocycles. The summed E-state index contributed by atoms with van der Waals surface area (Å²) in [5.41, 5.74) is -0.119. The lowest BCUT2D eigenvalue weighted by Crippen LogP contribution is -2.45. The molecule has 1 rings (SSSR count). The molecule has 0 aromatic heterocycles. The Balaban J connectivity index is 2.89. The predicted molar refractivity (Wildman–Crippen MR) is 89.1 cm³/mol. The van der Waals surface area contributed by atoms with Gasteiger partial charge in [0.2, 0.25) is 0 Å². The lowest BCUT2D eigenvalue weighted by Gasteiger charge is -2.33. The highest BCUT2D eigenvalue weighted by atomic mass is 19.4. The number of ether oxygens (including phenoxy) is 3. The van der Waals surface area contributed by atoms with Crippen LogP contribution in [0.5, 0.6) is 0 Å². The van der Waals surface area contributed by atoms with Crippen LogP contribution in [0, 0.1) is 11.8 Å². The van der Waals surface area contributed by atoms with Gasteiger partial charge in [0.15, 0.2) is 13.2 Å². The number of alkyl halides is 7. The van der Waals surface area contributed by atoms with Gasteiger partial charge < -0.3 is 14.2 Å². The minimum atomic E-state index is -5.94. The number of hydrogen-bond donors (Lipinski definition) is 0. The van der Waals surface area contributed by atoms with E-state index in [9.17, 15) is 45.1 Å². The van der Waals surface area contributed by atoms with Crippen LogP contribution >= 0.6 is 0 Å². The van der Waals surface area contributed by atoms with Gasteiger partial charge in [-0.15, -0.1) is 0 Å². The van der Waals surface area contributed by atoms with Gasteiger partial charge >= 0.3 is 30.0 Å². The number of carbonyl (C=O) groups excluding carboxylic acids is 3. The average Bonchev–Trinajstić information content (AvgIpc) is 2.62. The van der Waals surface area contributed by atoms with Crippen molar-refractivity contribution in [3.63, 3.8) is 0 Å². The number of esters is 3. The summed E-state index contributed by atoms with van der Waals surface area (Å²) in [6.45, 7) is 1.58. The average molecular weight is 466 g/mol. The van der Waals surface area contributed by atoms with Gasteiger partial charge in [-0.05, 0) is 26.2 Å². The minimum absolute atomic E-state index is 0.119. The van der Waals surface area contributed by atoms with Crippen LogP contribution in [-0.4, -0.2) is 55.2 Å². The molecular weight excluding hydrogens is 445 g/mol. The molecular formula is C18H21F7O6. The number of hydrogen-bond acceptors (Lipinski definition) is 6. The van der Waals surface area contributed by atoms with Crippen LogP contribution < -0.4 is 0 Å². The van der Waals surface area contributed by atoms with Gasteiger partial charge in [-0.2, -0.15) is 22.0 Å². The fourth-order valence-corrected chi connectivity index (χ4v) is 2.65. The Bertz CT molecular complexity index is 698. The van der Waals surface area contributed by atoms with Gasteiger partial charge in [-0.3, -0.25) is 9.59 Å². The van der Waals surface area contributed by atoms with E-state index in [1.54, 1.807) is 0 Å². The zero-order chi connectivity index (χ0) is 24.2. The van der Waals surface area contributed by atoms with Gasteiger partial charge in [-0.25, -0.2) is 13.6 Å². The normalized spacial score (nSPS) is 22.4. The van der Waals surface area contributed by atoms with Crippen molar-refractivity contribution in [2.75, 3.05) is 13.2 Å². The third kappa shape index (κ3) is 8.02. The van der Waals surface area contributed by atoms with Gasteiger partial charge in [0, 0.05) is 12.5 Å². The van der Waals surface area contributed by atoms with Crippen molar-refractivity contribution >= 4 is 17.9 Å². The summed E-state index contributed by atoms with van der Waals surface area (Å²) < 4.78 is 102. The first-order chi connectivity index (χ1) is 13.9. The van der Waals surface area contributed by atoms with Crippen LogP contribution in [0.4, 0.5) is 30.7 Å². The molecule has 0 amide bonds. The van der Waals surface area contributed by atoms with E-state index >= 15 is 0 Å². The standard InChI is InChI=1S/C18H21F7O6/c1-9(2)13(26)31-12-6-10(14(27)29-7-16(3,19)20)4-5-11(12)15(28)30-8-17(21,22)18(23,24)25/h10-12H,1,4-8H2,2-3H3. The van der Waals surface area contributed by atoms with Crippen molar-refractivity contribution < 1.29 is 59.3 Å². The van der Waals surface area contributed by atoms with Crippen LogP contribution in [0.25, 0.3) is 0 Å². The van der Waals surface area contributed by atoms with Crippen molar-refractivity contribution in [2.24, 2.45) is 11.8 Å². The monoisotopic (exact) mass is 466 g/mol. The molecule has 1 aliphatic carbocycles. The third-order valence-electron chi connectivity index (χ3n) is 4.31. The molecule has 0 spiro atoms. The second-order valence-electron chi connectivity index (χ2n) is 7.33. The highest BCUT2D eigenvalue weighted by Crippen LogP contribution is 2.37. The molecule has 0 radical (unpaired) electrons. The van der Waals surface area contributed by atoms with E-state index in [0.717, 1.165) is 0 Å². The molecule has 13 heteroatoms. The Hall–Kier alpha value is -2.34. The van der Waals surface area contributed by atoms with E-state index in [4.69, 9.17) is 4.74 Å². The Morgan fingerprint density at radius 2 is 1.48 bits per heavy atom. The lowest BCUT2D eigenvalue weighted by molar-refractivity contribution is -0.294. The summed E-state index contributed by atoms with van der Waals surface area (Å²) in [7, 11) is 0. The number of carbonyl (C=O) groups is 3. The fourth-order valence-electron chi connectivity index (χ4n) is 2.65. The topological polar surface area (TPSA) is 78.9 Å². The molecule has 6 nitrogen and oxygen atoms in total. The molecule has 3 unspecified atom stereocenters. The van der Waals surface area contributed by atoms with Crippen molar-refractivity contribution in [3.05, 3.63) is 12.2 Å². The van der Waals surface area contributed by atoms with Crippen LogP contribution in [-0.2, 0) is 28.6 Å². The van der Waals surface area contributed by atoms with Gasteiger partial charge in [0.05, 0.1) is 11.8 Å². The zero-order valence-corrected chi connectivity index (χ0v) is 16.6. The summed E-state index contributed by atoms with van der Waals surface area (Å²) in [6.07, 6.45) is -8.29. The molecule has 1 saturated carbocycles. The quantitative estimate of drug-likeness (QED) is 0.234. The minimum Gasteiger partial charge on any atom is -0.459 e. The van der Waals surface area contributed by atoms with Crippen molar-refractivity contribution in [2.45, 2.75) is 57.2 Å². The summed E-state index contributed by atoms with van der Waals surface area (Å²) in [6, 6.07) is 0. The molecule has 178 valence electrons. The van der Waals surface area contributed by atoms with Gasteiger partial charge in [-0.1, -0.05) is 6.58 Å². The molecule has 1 fully saturated rings. The Kier molecular flexibility index (Phi) is 8.49. The van der Waals surface area contributed by atoms with E-state index in [0.29, 0.717) is 6.92 Å².